The first kappa shape index (κ1) is 14.4. The standard InChI is InChI=1S/C16H20N2O2S/c1-16(12-5-3-2-4-6-12)15(20)18(11-14(19)17-16)13-7-9-21-10-8-13/h2-6,13H,7-11H2,1H3,(H,17,19). The molecular formula is C16H20N2O2S. The minimum absolute atomic E-state index is 0.0187. The van der Waals surface area contributed by atoms with Crippen molar-refractivity contribution in [3.63, 3.8) is 0 Å². The highest BCUT2D eigenvalue weighted by molar-refractivity contribution is 7.99. The summed E-state index contributed by atoms with van der Waals surface area (Å²) in [6, 6.07) is 9.72. The molecule has 1 aromatic rings. The molecule has 2 fully saturated rings. The molecule has 21 heavy (non-hydrogen) atoms. The SMILES string of the molecule is CC1(c2ccccc2)NC(=O)CN(C2CCSCC2)C1=O. The molecule has 2 heterocycles. The quantitative estimate of drug-likeness (QED) is 0.906. The van der Waals surface area contributed by atoms with Crippen molar-refractivity contribution in [3.05, 3.63) is 35.9 Å². The highest BCUT2D eigenvalue weighted by Gasteiger charge is 2.46. The van der Waals surface area contributed by atoms with Gasteiger partial charge < -0.3 is 10.2 Å². The van der Waals surface area contributed by atoms with Gasteiger partial charge in [-0.1, -0.05) is 30.3 Å². The van der Waals surface area contributed by atoms with Crippen molar-refractivity contribution in [1.82, 2.24) is 10.2 Å². The molecule has 1 atom stereocenters. The Bertz CT molecular complexity index is 542. The Balaban J connectivity index is 1.91. The van der Waals surface area contributed by atoms with Gasteiger partial charge in [0.15, 0.2) is 0 Å². The lowest BCUT2D eigenvalue weighted by Gasteiger charge is -2.44. The fourth-order valence-electron chi connectivity index (χ4n) is 3.14. The topological polar surface area (TPSA) is 49.4 Å². The zero-order valence-electron chi connectivity index (χ0n) is 12.2. The van der Waals surface area contributed by atoms with Gasteiger partial charge in [-0.05, 0) is 36.8 Å². The summed E-state index contributed by atoms with van der Waals surface area (Å²) in [5, 5.41) is 2.89. The van der Waals surface area contributed by atoms with E-state index in [2.05, 4.69) is 5.32 Å². The van der Waals surface area contributed by atoms with E-state index in [-0.39, 0.29) is 24.4 Å². The smallest absolute Gasteiger partial charge is 0.253 e. The van der Waals surface area contributed by atoms with Gasteiger partial charge in [0.1, 0.15) is 5.54 Å². The molecule has 0 aromatic heterocycles. The number of nitrogens with one attached hydrogen (secondary N) is 1. The minimum atomic E-state index is -0.943. The molecule has 0 saturated carbocycles. The van der Waals surface area contributed by atoms with Gasteiger partial charge in [0.25, 0.3) is 5.91 Å². The summed E-state index contributed by atoms with van der Waals surface area (Å²) in [4.78, 5) is 26.9. The molecular weight excluding hydrogens is 284 g/mol. The number of rotatable bonds is 2. The maximum Gasteiger partial charge on any atom is 0.253 e. The molecule has 112 valence electrons. The molecule has 3 rings (SSSR count). The number of piperazine rings is 1. The van der Waals surface area contributed by atoms with Crippen molar-refractivity contribution in [2.75, 3.05) is 18.1 Å². The number of nitrogens with zero attached hydrogens (tertiary/aromatic N) is 1. The van der Waals surface area contributed by atoms with E-state index in [4.69, 9.17) is 0 Å². The molecule has 0 aliphatic carbocycles. The van der Waals surface area contributed by atoms with Crippen LogP contribution in [0.1, 0.15) is 25.3 Å². The van der Waals surface area contributed by atoms with Gasteiger partial charge in [-0.15, -0.1) is 0 Å². The van der Waals surface area contributed by atoms with Gasteiger partial charge in [-0.25, -0.2) is 0 Å². The predicted octanol–water partition coefficient (Wildman–Crippen LogP) is 1.76. The lowest BCUT2D eigenvalue weighted by Crippen LogP contribution is -2.65. The summed E-state index contributed by atoms with van der Waals surface area (Å²) in [5.74, 6) is 2.08. The molecule has 1 aromatic carbocycles. The van der Waals surface area contributed by atoms with Gasteiger partial charge in [0.05, 0.1) is 6.54 Å². The average Bonchev–Trinajstić information content (AvgIpc) is 2.52. The summed E-state index contributed by atoms with van der Waals surface area (Å²) in [6.07, 6.45) is 1.96. The highest BCUT2D eigenvalue weighted by Crippen LogP contribution is 2.30. The minimum Gasteiger partial charge on any atom is -0.337 e. The zero-order valence-corrected chi connectivity index (χ0v) is 13.0. The van der Waals surface area contributed by atoms with Crippen LogP contribution < -0.4 is 5.32 Å². The Hall–Kier alpha value is -1.49. The van der Waals surface area contributed by atoms with Gasteiger partial charge in [-0.3, -0.25) is 9.59 Å². The Morgan fingerprint density at radius 1 is 1.19 bits per heavy atom. The number of hydrogen-bond donors (Lipinski definition) is 1. The van der Waals surface area contributed by atoms with Gasteiger partial charge in [0, 0.05) is 6.04 Å². The molecule has 1 unspecified atom stereocenters. The van der Waals surface area contributed by atoms with Crippen molar-refractivity contribution in [3.8, 4) is 0 Å². The van der Waals surface area contributed by atoms with E-state index >= 15 is 0 Å². The molecule has 1 N–H and O–H groups in total. The second kappa shape index (κ2) is 5.72. The lowest BCUT2D eigenvalue weighted by atomic mass is 9.87. The molecule has 0 bridgehead atoms. The van der Waals surface area contributed by atoms with E-state index in [1.165, 1.54) is 0 Å². The third-order valence-corrected chi connectivity index (χ3v) is 5.42. The number of benzene rings is 1. The number of thioether (sulfide) groups is 1. The summed E-state index contributed by atoms with van der Waals surface area (Å²) >= 11 is 1.92. The van der Waals surface area contributed by atoms with Gasteiger partial charge in [-0.2, -0.15) is 11.8 Å². The molecule has 2 amide bonds. The number of amides is 2. The van der Waals surface area contributed by atoms with Crippen LogP contribution in [-0.4, -0.2) is 40.8 Å². The predicted molar refractivity (Wildman–Crippen MR) is 84.0 cm³/mol. The van der Waals surface area contributed by atoms with E-state index in [1.54, 1.807) is 4.90 Å². The highest BCUT2D eigenvalue weighted by atomic mass is 32.2. The maximum atomic E-state index is 13.0. The third-order valence-electron chi connectivity index (χ3n) is 4.37. The van der Waals surface area contributed by atoms with Crippen LogP contribution >= 0.6 is 11.8 Å². The number of carbonyl (C=O) groups excluding carboxylic acids is 2. The molecule has 2 aliphatic heterocycles. The molecule has 5 heteroatoms. The van der Waals surface area contributed by atoms with E-state index in [0.29, 0.717) is 0 Å². The average molecular weight is 304 g/mol. The Labute approximate surface area is 129 Å². The molecule has 4 nitrogen and oxygen atoms in total. The van der Waals surface area contributed by atoms with Gasteiger partial charge in [0.2, 0.25) is 5.91 Å². The van der Waals surface area contributed by atoms with Gasteiger partial charge >= 0.3 is 0 Å². The fourth-order valence-corrected chi connectivity index (χ4v) is 4.23. The summed E-state index contributed by atoms with van der Waals surface area (Å²) < 4.78 is 0. The van der Waals surface area contributed by atoms with E-state index in [9.17, 15) is 9.59 Å². The second-order valence-electron chi connectivity index (χ2n) is 5.82. The Morgan fingerprint density at radius 3 is 2.52 bits per heavy atom. The first-order valence-electron chi connectivity index (χ1n) is 7.36. The van der Waals surface area contributed by atoms with Crippen molar-refractivity contribution in [1.29, 1.82) is 0 Å². The molecule has 2 aliphatic rings. The van der Waals surface area contributed by atoms with Crippen LogP contribution in [-0.2, 0) is 15.1 Å². The normalized spacial score (nSPS) is 27.6. The fraction of sp³-hybridized carbons (Fsp3) is 0.500. The van der Waals surface area contributed by atoms with Crippen LogP contribution in [0.25, 0.3) is 0 Å². The van der Waals surface area contributed by atoms with Crippen molar-refractivity contribution in [2.24, 2.45) is 0 Å². The Kier molecular flexibility index (Phi) is 3.93. The van der Waals surface area contributed by atoms with Crippen LogP contribution in [0.5, 0.6) is 0 Å². The molecule has 2 saturated heterocycles. The first-order chi connectivity index (χ1) is 10.1. The molecule has 0 spiro atoms. The summed E-state index contributed by atoms with van der Waals surface area (Å²) in [7, 11) is 0. The second-order valence-corrected chi connectivity index (χ2v) is 7.04. The summed E-state index contributed by atoms with van der Waals surface area (Å²) in [6.45, 7) is 2.00. The Morgan fingerprint density at radius 2 is 1.86 bits per heavy atom. The van der Waals surface area contributed by atoms with Crippen molar-refractivity contribution < 1.29 is 9.59 Å². The van der Waals surface area contributed by atoms with Crippen LogP contribution in [0.4, 0.5) is 0 Å². The third kappa shape index (κ3) is 2.67. The maximum absolute atomic E-state index is 13.0. The zero-order chi connectivity index (χ0) is 14.9. The largest absolute Gasteiger partial charge is 0.337 e. The number of carbonyl (C=O) groups is 2. The first-order valence-corrected chi connectivity index (χ1v) is 8.52. The van der Waals surface area contributed by atoms with E-state index in [0.717, 1.165) is 29.9 Å². The van der Waals surface area contributed by atoms with Crippen LogP contribution in [0.15, 0.2) is 30.3 Å². The molecule has 0 radical (unpaired) electrons. The van der Waals surface area contributed by atoms with E-state index in [1.807, 2.05) is 49.0 Å². The number of hydrogen-bond acceptors (Lipinski definition) is 3. The lowest BCUT2D eigenvalue weighted by molar-refractivity contribution is -0.152. The van der Waals surface area contributed by atoms with Crippen LogP contribution in [0, 0.1) is 0 Å². The van der Waals surface area contributed by atoms with E-state index < -0.39 is 5.54 Å². The van der Waals surface area contributed by atoms with Crippen molar-refractivity contribution in [2.45, 2.75) is 31.3 Å². The van der Waals surface area contributed by atoms with Crippen LogP contribution in [0.3, 0.4) is 0 Å². The van der Waals surface area contributed by atoms with Crippen LogP contribution in [0.2, 0.25) is 0 Å². The summed E-state index contributed by atoms with van der Waals surface area (Å²) in [5.41, 5.74) is -0.0977. The van der Waals surface area contributed by atoms with Crippen molar-refractivity contribution >= 4 is 23.6 Å². The monoisotopic (exact) mass is 304 g/mol.